The van der Waals surface area contributed by atoms with Gasteiger partial charge in [0.25, 0.3) is 0 Å². The van der Waals surface area contributed by atoms with Gasteiger partial charge in [0.2, 0.25) is 0 Å². The third-order valence-corrected chi connectivity index (χ3v) is 5.20. The standard InChI is InChI=1S/C11H15N3OS/c15-4-7-12-13-11(16)14(7)10-8-5-1-2-6(3-5)9(8)10/h5-6,8-10,15H,1-4H2,(H,13,16). The zero-order valence-corrected chi connectivity index (χ0v) is 9.78. The Bertz CT molecular complexity index is 478. The van der Waals surface area contributed by atoms with E-state index < -0.39 is 0 Å². The second kappa shape index (κ2) is 2.96. The Hall–Kier alpha value is -0.680. The molecule has 0 saturated heterocycles. The minimum absolute atomic E-state index is 0.0155. The van der Waals surface area contributed by atoms with Crippen LogP contribution in [0.25, 0.3) is 0 Å². The molecule has 5 heteroatoms. The second-order valence-corrected chi connectivity index (χ2v) is 5.84. The van der Waals surface area contributed by atoms with Crippen LogP contribution in [0.5, 0.6) is 0 Å². The second-order valence-electron chi connectivity index (χ2n) is 5.45. The first kappa shape index (κ1) is 9.36. The molecule has 0 aromatic carbocycles. The number of nitrogens with one attached hydrogen (secondary N) is 1. The maximum atomic E-state index is 9.27. The summed E-state index contributed by atoms with van der Waals surface area (Å²) in [5, 5.41) is 16.2. The van der Waals surface area contributed by atoms with Gasteiger partial charge in [-0.15, -0.1) is 0 Å². The van der Waals surface area contributed by atoms with Gasteiger partial charge in [-0.2, -0.15) is 5.10 Å². The molecule has 4 atom stereocenters. The van der Waals surface area contributed by atoms with Crippen LogP contribution in [-0.2, 0) is 6.61 Å². The van der Waals surface area contributed by atoms with E-state index in [0.29, 0.717) is 16.6 Å². The molecule has 0 radical (unpaired) electrons. The molecule has 0 amide bonds. The van der Waals surface area contributed by atoms with E-state index in [1.54, 1.807) is 0 Å². The number of nitrogens with zero attached hydrogens (tertiary/aromatic N) is 2. The summed E-state index contributed by atoms with van der Waals surface area (Å²) in [4.78, 5) is 0. The smallest absolute Gasteiger partial charge is 0.195 e. The van der Waals surface area contributed by atoms with Crippen molar-refractivity contribution in [1.82, 2.24) is 14.8 Å². The SMILES string of the molecule is OCc1n[nH]c(=S)n1C1C2C3CCC(C3)C21. The highest BCUT2D eigenvalue weighted by molar-refractivity contribution is 7.71. The summed E-state index contributed by atoms with van der Waals surface area (Å²) in [7, 11) is 0. The topological polar surface area (TPSA) is 53.8 Å². The van der Waals surface area contributed by atoms with Gasteiger partial charge in [0.05, 0.1) is 0 Å². The third-order valence-electron chi connectivity index (χ3n) is 4.91. The van der Waals surface area contributed by atoms with Crippen LogP contribution < -0.4 is 0 Å². The molecule has 4 unspecified atom stereocenters. The quantitative estimate of drug-likeness (QED) is 0.769. The third kappa shape index (κ3) is 0.984. The molecule has 4 rings (SSSR count). The fourth-order valence-corrected chi connectivity index (χ4v) is 4.65. The molecule has 1 heterocycles. The van der Waals surface area contributed by atoms with Crippen LogP contribution in [0, 0.1) is 28.4 Å². The fourth-order valence-electron chi connectivity index (χ4n) is 4.38. The van der Waals surface area contributed by atoms with E-state index in [0.717, 1.165) is 23.7 Å². The Morgan fingerprint density at radius 1 is 1.38 bits per heavy atom. The number of hydrogen-bond acceptors (Lipinski definition) is 3. The summed E-state index contributed by atoms with van der Waals surface area (Å²) in [6.07, 6.45) is 4.25. The van der Waals surface area contributed by atoms with Crippen LogP contribution in [0.15, 0.2) is 0 Å². The molecule has 3 aliphatic rings. The van der Waals surface area contributed by atoms with Crippen LogP contribution in [0.2, 0.25) is 0 Å². The first-order valence-corrected chi connectivity index (χ1v) is 6.48. The maximum absolute atomic E-state index is 9.27. The molecule has 3 aliphatic carbocycles. The van der Waals surface area contributed by atoms with Gasteiger partial charge >= 0.3 is 0 Å². The molecule has 86 valence electrons. The molecule has 3 fully saturated rings. The van der Waals surface area contributed by atoms with Gasteiger partial charge < -0.3 is 5.11 Å². The molecule has 0 aliphatic heterocycles. The average Bonchev–Trinajstić information content (AvgIpc) is 2.69. The van der Waals surface area contributed by atoms with Crippen molar-refractivity contribution in [2.45, 2.75) is 31.9 Å². The number of aromatic amines is 1. The van der Waals surface area contributed by atoms with Gasteiger partial charge in [0.15, 0.2) is 10.6 Å². The molecule has 2 bridgehead atoms. The average molecular weight is 237 g/mol. The monoisotopic (exact) mass is 237 g/mol. The van der Waals surface area contributed by atoms with Crippen LogP contribution in [0.1, 0.15) is 31.1 Å². The lowest BCUT2D eigenvalue weighted by molar-refractivity contribution is 0.261. The zero-order chi connectivity index (χ0) is 10.9. The van der Waals surface area contributed by atoms with Gasteiger partial charge in [-0.25, -0.2) is 0 Å². The minimum atomic E-state index is -0.0155. The molecule has 1 aromatic heterocycles. The Morgan fingerprint density at radius 3 is 2.69 bits per heavy atom. The van der Waals surface area contributed by atoms with Crippen LogP contribution in [-0.4, -0.2) is 19.9 Å². The van der Waals surface area contributed by atoms with Gasteiger partial charge in [-0.3, -0.25) is 9.67 Å². The van der Waals surface area contributed by atoms with Crippen LogP contribution in [0.4, 0.5) is 0 Å². The number of rotatable bonds is 2. The maximum Gasteiger partial charge on any atom is 0.195 e. The number of fused-ring (bicyclic) bond motifs is 5. The first-order valence-electron chi connectivity index (χ1n) is 6.08. The number of aromatic nitrogens is 3. The summed E-state index contributed by atoms with van der Waals surface area (Å²) >= 11 is 5.26. The van der Waals surface area contributed by atoms with Gasteiger partial charge in [-0.05, 0) is 55.2 Å². The molecular formula is C11H15N3OS. The van der Waals surface area contributed by atoms with Crippen molar-refractivity contribution in [2.75, 3.05) is 0 Å². The van der Waals surface area contributed by atoms with Crippen molar-refractivity contribution in [3.05, 3.63) is 10.6 Å². The highest BCUT2D eigenvalue weighted by atomic mass is 32.1. The number of aliphatic hydroxyl groups is 1. The van der Waals surface area contributed by atoms with Crippen LogP contribution >= 0.6 is 12.2 Å². The largest absolute Gasteiger partial charge is 0.388 e. The molecule has 0 spiro atoms. The van der Waals surface area contributed by atoms with Crippen molar-refractivity contribution >= 4 is 12.2 Å². The van der Waals surface area contributed by atoms with E-state index in [2.05, 4.69) is 14.8 Å². The summed E-state index contributed by atoms with van der Waals surface area (Å²) in [5.74, 6) is 4.21. The molecule has 16 heavy (non-hydrogen) atoms. The normalized spacial score (nSPS) is 43.7. The highest BCUT2D eigenvalue weighted by Crippen LogP contribution is 2.71. The number of H-pyrrole nitrogens is 1. The Balaban J connectivity index is 1.73. The predicted octanol–water partition coefficient (Wildman–Crippen LogP) is 1.65. The van der Waals surface area contributed by atoms with Gasteiger partial charge in [0.1, 0.15) is 6.61 Å². The van der Waals surface area contributed by atoms with E-state index in [1.807, 2.05) is 0 Å². The highest BCUT2D eigenvalue weighted by Gasteiger charge is 2.66. The van der Waals surface area contributed by atoms with E-state index in [1.165, 1.54) is 19.3 Å². The fraction of sp³-hybridized carbons (Fsp3) is 0.818. The minimum Gasteiger partial charge on any atom is -0.388 e. The van der Waals surface area contributed by atoms with E-state index >= 15 is 0 Å². The Kier molecular flexibility index (Phi) is 1.73. The van der Waals surface area contributed by atoms with Crippen molar-refractivity contribution in [3.63, 3.8) is 0 Å². The number of aliphatic hydroxyl groups excluding tert-OH is 1. The Labute approximate surface area is 98.7 Å². The lowest BCUT2D eigenvalue weighted by Crippen LogP contribution is -2.08. The van der Waals surface area contributed by atoms with Crippen LogP contribution in [0.3, 0.4) is 0 Å². The van der Waals surface area contributed by atoms with Crippen molar-refractivity contribution in [3.8, 4) is 0 Å². The zero-order valence-electron chi connectivity index (χ0n) is 8.97. The van der Waals surface area contributed by atoms with E-state index in [4.69, 9.17) is 12.2 Å². The summed E-state index contributed by atoms with van der Waals surface area (Å²) in [5.41, 5.74) is 0. The molecule has 4 nitrogen and oxygen atoms in total. The molecule has 1 aromatic rings. The summed E-state index contributed by atoms with van der Waals surface area (Å²) < 4.78 is 2.76. The summed E-state index contributed by atoms with van der Waals surface area (Å²) in [6.45, 7) is -0.0155. The van der Waals surface area contributed by atoms with Crippen molar-refractivity contribution in [1.29, 1.82) is 0 Å². The molecule has 2 N–H and O–H groups in total. The van der Waals surface area contributed by atoms with E-state index in [9.17, 15) is 5.11 Å². The van der Waals surface area contributed by atoms with E-state index in [-0.39, 0.29) is 6.61 Å². The lowest BCUT2D eigenvalue weighted by atomic mass is 10.0. The molecular weight excluding hydrogens is 222 g/mol. The Morgan fingerprint density at radius 2 is 2.06 bits per heavy atom. The van der Waals surface area contributed by atoms with Gasteiger partial charge in [0, 0.05) is 6.04 Å². The first-order chi connectivity index (χ1) is 7.81. The number of hydrogen-bond donors (Lipinski definition) is 2. The summed E-state index contributed by atoms with van der Waals surface area (Å²) in [6, 6.07) is 0.541. The van der Waals surface area contributed by atoms with Crippen molar-refractivity contribution < 1.29 is 5.11 Å². The molecule has 3 saturated carbocycles. The predicted molar refractivity (Wildman–Crippen MR) is 60.2 cm³/mol. The lowest BCUT2D eigenvalue weighted by Gasteiger charge is -2.10. The van der Waals surface area contributed by atoms with Crippen molar-refractivity contribution in [2.24, 2.45) is 23.7 Å². The van der Waals surface area contributed by atoms with Gasteiger partial charge in [-0.1, -0.05) is 0 Å².